The second-order valence-corrected chi connectivity index (χ2v) is 13.5. The van der Waals surface area contributed by atoms with Crippen LogP contribution in [0.1, 0.15) is 43.0 Å². The standard InChI is InChI=1S/C28H41N3O6S2/c1-30(2)28(26-6-5-15-38-26)21-9-7-20(8-10-21)17-29-27(32)19-37-22-13-14-31(18-22)39(33,34)23-11-12-24(35-3)25(16-23)36-4/h5-6,11-12,15-16,20-22,28H,7-10,13-14,17-19H2,1-4H3,(H,29,32). The predicted octanol–water partition coefficient (Wildman–Crippen LogP) is 3.77. The van der Waals surface area contributed by atoms with E-state index in [9.17, 15) is 13.2 Å². The van der Waals surface area contributed by atoms with Crippen LogP contribution < -0.4 is 14.8 Å². The first-order valence-electron chi connectivity index (χ1n) is 13.5. The lowest BCUT2D eigenvalue weighted by atomic mass is 9.77. The van der Waals surface area contributed by atoms with E-state index < -0.39 is 10.0 Å². The van der Waals surface area contributed by atoms with Crippen LogP contribution in [-0.2, 0) is 19.6 Å². The summed E-state index contributed by atoms with van der Waals surface area (Å²) < 4.78 is 43.9. The van der Waals surface area contributed by atoms with E-state index in [4.69, 9.17) is 14.2 Å². The highest BCUT2D eigenvalue weighted by molar-refractivity contribution is 7.89. The zero-order valence-electron chi connectivity index (χ0n) is 23.3. The topological polar surface area (TPSA) is 97.4 Å². The van der Waals surface area contributed by atoms with Crippen molar-refractivity contribution >= 4 is 27.3 Å². The van der Waals surface area contributed by atoms with Crippen LogP contribution >= 0.6 is 11.3 Å². The summed E-state index contributed by atoms with van der Waals surface area (Å²) in [6.45, 7) is 1.15. The number of methoxy groups -OCH3 is 2. The van der Waals surface area contributed by atoms with Crippen LogP contribution in [0.5, 0.6) is 11.5 Å². The summed E-state index contributed by atoms with van der Waals surface area (Å²) in [6.07, 6.45) is 4.75. The third-order valence-corrected chi connectivity index (χ3v) is 10.7. The van der Waals surface area contributed by atoms with Gasteiger partial charge in [0.05, 0.1) is 25.2 Å². The van der Waals surface area contributed by atoms with Crippen LogP contribution in [0.2, 0.25) is 0 Å². The van der Waals surface area contributed by atoms with E-state index in [1.807, 2.05) is 11.3 Å². The molecule has 2 unspecified atom stereocenters. The van der Waals surface area contributed by atoms with Gasteiger partial charge in [-0.3, -0.25) is 4.79 Å². The molecule has 0 radical (unpaired) electrons. The van der Waals surface area contributed by atoms with Crippen LogP contribution in [0.25, 0.3) is 0 Å². The maximum atomic E-state index is 13.1. The van der Waals surface area contributed by atoms with Gasteiger partial charge in [0.25, 0.3) is 0 Å². The minimum atomic E-state index is -3.71. The van der Waals surface area contributed by atoms with Gasteiger partial charge in [0.1, 0.15) is 6.61 Å². The molecule has 4 rings (SSSR count). The fourth-order valence-electron chi connectivity index (χ4n) is 5.76. The number of nitrogens with one attached hydrogen (secondary N) is 1. The second kappa shape index (κ2) is 13.5. The molecular weight excluding hydrogens is 538 g/mol. The molecule has 2 aliphatic rings. The smallest absolute Gasteiger partial charge is 0.246 e. The Morgan fingerprint density at radius 3 is 2.49 bits per heavy atom. The summed E-state index contributed by atoms with van der Waals surface area (Å²) >= 11 is 1.83. The summed E-state index contributed by atoms with van der Waals surface area (Å²) in [6, 6.07) is 9.37. The van der Waals surface area contributed by atoms with Crippen LogP contribution in [-0.4, -0.2) is 84.2 Å². The molecule has 1 aliphatic carbocycles. The number of hydrogen-bond acceptors (Lipinski definition) is 8. The molecule has 1 aromatic heterocycles. The van der Waals surface area contributed by atoms with Crippen molar-refractivity contribution in [3.05, 3.63) is 40.6 Å². The van der Waals surface area contributed by atoms with Gasteiger partial charge in [-0.15, -0.1) is 11.3 Å². The van der Waals surface area contributed by atoms with Gasteiger partial charge < -0.3 is 24.4 Å². The van der Waals surface area contributed by atoms with Gasteiger partial charge in [0, 0.05) is 36.6 Å². The first-order valence-corrected chi connectivity index (χ1v) is 15.8. The number of thiophene rings is 1. The number of nitrogens with zero attached hydrogens (tertiary/aromatic N) is 2. The van der Waals surface area contributed by atoms with Crippen molar-refractivity contribution in [2.75, 3.05) is 54.6 Å². The highest BCUT2D eigenvalue weighted by Gasteiger charge is 2.34. The molecule has 1 amide bonds. The molecule has 1 saturated carbocycles. The molecule has 2 fully saturated rings. The molecule has 1 N–H and O–H groups in total. The number of carbonyl (C=O) groups is 1. The van der Waals surface area contributed by atoms with Gasteiger partial charge in [-0.1, -0.05) is 6.07 Å². The fraction of sp³-hybridized carbons (Fsp3) is 0.607. The van der Waals surface area contributed by atoms with Crippen LogP contribution in [0.4, 0.5) is 0 Å². The molecule has 0 bridgehead atoms. The van der Waals surface area contributed by atoms with E-state index in [0.29, 0.717) is 48.9 Å². The molecule has 9 nitrogen and oxygen atoms in total. The molecule has 216 valence electrons. The number of benzene rings is 1. The van der Waals surface area contributed by atoms with E-state index in [1.54, 1.807) is 6.07 Å². The maximum Gasteiger partial charge on any atom is 0.246 e. The average Bonchev–Trinajstić information content (AvgIpc) is 3.64. The number of carbonyl (C=O) groups excluding carboxylic acids is 1. The molecule has 0 spiro atoms. The SMILES string of the molecule is COc1ccc(S(=O)(=O)N2CCC(OCC(=O)NCC3CCC(C(c4cccs4)N(C)C)CC3)C2)cc1OC. The van der Waals surface area contributed by atoms with E-state index in [2.05, 4.69) is 41.8 Å². The van der Waals surface area contributed by atoms with Crippen LogP contribution in [0, 0.1) is 11.8 Å². The predicted molar refractivity (Wildman–Crippen MR) is 152 cm³/mol. The number of amides is 1. The highest BCUT2D eigenvalue weighted by Crippen LogP contribution is 2.40. The Morgan fingerprint density at radius 2 is 1.85 bits per heavy atom. The third kappa shape index (κ3) is 7.32. The number of sulfonamides is 1. The summed E-state index contributed by atoms with van der Waals surface area (Å²) in [5.74, 6) is 1.78. The van der Waals surface area contributed by atoms with Crippen molar-refractivity contribution in [1.82, 2.24) is 14.5 Å². The lowest BCUT2D eigenvalue weighted by Crippen LogP contribution is -2.36. The largest absolute Gasteiger partial charge is 0.493 e. The van der Waals surface area contributed by atoms with E-state index >= 15 is 0 Å². The number of hydrogen-bond donors (Lipinski definition) is 1. The molecule has 1 saturated heterocycles. The van der Waals surface area contributed by atoms with Crippen LogP contribution in [0.15, 0.2) is 40.6 Å². The van der Waals surface area contributed by atoms with Gasteiger partial charge in [0.2, 0.25) is 15.9 Å². The van der Waals surface area contributed by atoms with Gasteiger partial charge in [-0.2, -0.15) is 4.31 Å². The molecular formula is C28H41N3O6S2. The highest BCUT2D eigenvalue weighted by atomic mass is 32.2. The molecule has 39 heavy (non-hydrogen) atoms. The average molecular weight is 580 g/mol. The van der Waals surface area contributed by atoms with Crippen molar-refractivity contribution in [1.29, 1.82) is 0 Å². The Kier molecular flexibility index (Phi) is 10.3. The van der Waals surface area contributed by atoms with Gasteiger partial charge in [0.15, 0.2) is 11.5 Å². The maximum absolute atomic E-state index is 13.1. The van der Waals surface area contributed by atoms with E-state index in [1.165, 1.54) is 35.5 Å². The third-order valence-electron chi connectivity index (χ3n) is 7.87. The van der Waals surface area contributed by atoms with Crippen molar-refractivity contribution in [3.8, 4) is 11.5 Å². The van der Waals surface area contributed by atoms with E-state index in [-0.39, 0.29) is 30.1 Å². The lowest BCUT2D eigenvalue weighted by molar-refractivity contribution is -0.127. The summed E-state index contributed by atoms with van der Waals surface area (Å²) in [5, 5.41) is 5.18. The Hall–Kier alpha value is -2.18. The summed E-state index contributed by atoms with van der Waals surface area (Å²) in [5.41, 5.74) is 0. The molecule has 1 aliphatic heterocycles. The van der Waals surface area contributed by atoms with E-state index in [0.717, 1.165) is 25.7 Å². The van der Waals surface area contributed by atoms with Gasteiger partial charge in [-0.05, 0) is 81.6 Å². The van der Waals surface area contributed by atoms with Crippen molar-refractivity contribution in [2.45, 2.75) is 49.1 Å². The molecule has 1 aromatic carbocycles. The monoisotopic (exact) mass is 579 g/mol. The first-order chi connectivity index (χ1) is 18.7. The molecule has 2 atom stereocenters. The Labute approximate surface area is 236 Å². The lowest BCUT2D eigenvalue weighted by Gasteiger charge is -2.37. The Balaban J connectivity index is 1.19. The molecule has 2 heterocycles. The van der Waals surface area contributed by atoms with Crippen molar-refractivity contribution in [3.63, 3.8) is 0 Å². The summed E-state index contributed by atoms with van der Waals surface area (Å²) in [4.78, 5) is 16.4. The Bertz CT molecular complexity index is 1180. The minimum Gasteiger partial charge on any atom is -0.493 e. The summed E-state index contributed by atoms with van der Waals surface area (Å²) in [7, 11) is 3.58. The molecule has 11 heteroatoms. The fourth-order valence-corrected chi connectivity index (χ4v) is 8.27. The minimum absolute atomic E-state index is 0.0641. The van der Waals surface area contributed by atoms with Gasteiger partial charge in [-0.25, -0.2) is 8.42 Å². The van der Waals surface area contributed by atoms with Crippen molar-refractivity contribution in [2.24, 2.45) is 11.8 Å². The normalized spacial score (nSPS) is 23.1. The first kappa shape index (κ1) is 29.8. The number of ether oxygens (including phenoxy) is 3. The van der Waals surface area contributed by atoms with Crippen molar-refractivity contribution < 1.29 is 27.4 Å². The number of rotatable bonds is 12. The van der Waals surface area contributed by atoms with Crippen LogP contribution in [0.3, 0.4) is 0 Å². The molecule has 2 aromatic rings. The zero-order valence-corrected chi connectivity index (χ0v) is 24.9. The second-order valence-electron chi connectivity index (χ2n) is 10.6. The zero-order chi connectivity index (χ0) is 28.0. The Morgan fingerprint density at radius 1 is 1.10 bits per heavy atom. The van der Waals surface area contributed by atoms with Gasteiger partial charge >= 0.3 is 0 Å². The quantitative estimate of drug-likeness (QED) is 0.409.